The zero-order valence-corrected chi connectivity index (χ0v) is 13.6. The summed E-state index contributed by atoms with van der Waals surface area (Å²) in [5.41, 5.74) is 4.59. The van der Waals surface area contributed by atoms with E-state index in [9.17, 15) is 14.4 Å². The van der Waals surface area contributed by atoms with Crippen molar-refractivity contribution in [2.24, 2.45) is 25.9 Å². The smallest absolute Gasteiger partial charge is 0.332 e. The zero-order valence-electron chi connectivity index (χ0n) is 13.6. The molecule has 1 aliphatic rings. The molecule has 0 amide bonds. The number of rotatable bonds is 3. The maximum atomic E-state index is 12.5. The highest BCUT2D eigenvalue weighted by atomic mass is 16.2. The van der Waals surface area contributed by atoms with Crippen molar-refractivity contribution in [2.45, 2.75) is 20.3 Å². The van der Waals surface area contributed by atoms with Crippen molar-refractivity contribution in [3.8, 4) is 0 Å². The molecule has 22 heavy (non-hydrogen) atoms. The SMILES string of the molecule is CC1CC(C)CN(CC(=O)c2c(N)n(C)c(=O)n(C)c2=O)C1. The molecular weight excluding hydrogens is 284 g/mol. The third kappa shape index (κ3) is 2.99. The molecule has 1 fully saturated rings. The van der Waals surface area contributed by atoms with Gasteiger partial charge in [0.15, 0.2) is 5.78 Å². The van der Waals surface area contributed by atoms with E-state index in [-0.39, 0.29) is 23.7 Å². The van der Waals surface area contributed by atoms with Crippen LogP contribution in [0.15, 0.2) is 9.59 Å². The molecule has 0 spiro atoms. The van der Waals surface area contributed by atoms with Gasteiger partial charge < -0.3 is 5.73 Å². The first kappa shape index (κ1) is 16.5. The predicted octanol–water partition coefficient (Wildman–Crippen LogP) is -0.173. The standard InChI is InChI=1S/C15H24N4O3/c1-9-5-10(2)7-19(6-9)8-11(20)12-13(16)17(3)15(22)18(4)14(12)21/h9-10H,5-8,16H2,1-4H3. The lowest BCUT2D eigenvalue weighted by molar-refractivity contribution is 0.0847. The summed E-state index contributed by atoms with van der Waals surface area (Å²) in [5.74, 6) is 0.667. The van der Waals surface area contributed by atoms with Gasteiger partial charge in [-0.05, 0) is 18.3 Å². The van der Waals surface area contributed by atoms with Crippen molar-refractivity contribution in [1.29, 1.82) is 0 Å². The van der Waals surface area contributed by atoms with Crippen molar-refractivity contribution in [3.05, 3.63) is 26.4 Å². The molecule has 2 rings (SSSR count). The number of piperidine rings is 1. The number of nitrogens with two attached hydrogens (primary N) is 1. The van der Waals surface area contributed by atoms with E-state index in [2.05, 4.69) is 18.7 Å². The Morgan fingerprint density at radius 1 is 1.14 bits per heavy atom. The van der Waals surface area contributed by atoms with Gasteiger partial charge in [-0.3, -0.25) is 23.6 Å². The Morgan fingerprint density at radius 2 is 1.68 bits per heavy atom. The summed E-state index contributed by atoms with van der Waals surface area (Å²) in [6.07, 6.45) is 1.15. The van der Waals surface area contributed by atoms with Crippen LogP contribution in [0.5, 0.6) is 0 Å². The molecule has 2 heterocycles. The van der Waals surface area contributed by atoms with Crippen molar-refractivity contribution < 1.29 is 4.79 Å². The maximum Gasteiger partial charge on any atom is 0.332 e. The number of nitrogens with zero attached hydrogens (tertiary/aromatic N) is 3. The first-order valence-corrected chi connectivity index (χ1v) is 7.53. The molecular formula is C15H24N4O3. The number of nitrogen functional groups attached to an aromatic ring is 1. The summed E-state index contributed by atoms with van der Waals surface area (Å²) >= 11 is 0. The highest BCUT2D eigenvalue weighted by Crippen LogP contribution is 2.21. The molecule has 0 aromatic carbocycles. The van der Waals surface area contributed by atoms with Gasteiger partial charge in [0.05, 0.1) is 6.54 Å². The second-order valence-corrected chi connectivity index (χ2v) is 6.53. The van der Waals surface area contributed by atoms with Crippen molar-refractivity contribution in [2.75, 3.05) is 25.4 Å². The zero-order chi connectivity index (χ0) is 16.6. The lowest BCUT2D eigenvalue weighted by atomic mass is 9.91. The highest BCUT2D eigenvalue weighted by Gasteiger charge is 2.26. The van der Waals surface area contributed by atoms with Gasteiger partial charge in [0, 0.05) is 27.2 Å². The van der Waals surface area contributed by atoms with Crippen LogP contribution >= 0.6 is 0 Å². The van der Waals surface area contributed by atoms with E-state index in [0.29, 0.717) is 11.8 Å². The molecule has 2 unspecified atom stereocenters. The number of anilines is 1. The molecule has 1 saturated heterocycles. The minimum absolute atomic E-state index is 0.0591. The Balaban J connectivity index is 2.31. The van der Waals surface area contributed by atoms with E-state index < -0.39 is 11.2 Å². The fraction of sp³-hybridized carbons (Fsp3) is 0.667. The number of aromatic nitrogens is 2. The Bertz CT molecular complexity index is 694. The van der Waals surface area contributed by atoms with Crippen LogP contribution in [0, 0.1) is 11.8 Å². The van der Waals surface area contributed by atoms with Gasteiger partial charge >= 0.3 is 5.69 Å². The fourth-order valence-corrected chi connectivity index (χ4v) is 3.33. The quantitative estimate of drug-likeness (QED) is 0.783. The molecule has 2 N–H and O–H groups in total. The van der Waals surface area contributed by atoms with Crippen molar-refractivity contribution >= 4 is 11.6 Å². The molecule has 1 aliphatic heterocycles. The summed E-state index contributed by atoms with van der Waals surface area (Å²) in [6, 6.07) is 0. The van der Waals surface area contributed by atoms with Crippen LogP contribution in [-0.4, -0.2) is 39.5 Å². The molecule has 2 atom stereocenters. The van der Waals surface area contributed by atoms with Crippen LogP contribution in [0.4, 0.5) is 5.82 Å². The molecule has 1 aromatic rings. The van der Waals surface area contributed by atoms with Gasteiger partial charge in [-0.1, -0.05) is 13.8 Å². The topological polar surface area (TPSA) is 90.3 Å². The van der Waals surface area contributed by atoms with Gasteiger partial charge in [0.2, 0.25) is 0 Å². The van der Waals surface area contributed by atoms with Gasteiger partial charge in [0.25, 0.3) is 5.56 Å². The van der Waals surface area contributed by atoms with E-state index in [0.717, 1.165) is 28.6 Å². The van der Waals surface area contributed by atoms with Crippen LogP contribution in [0.25, 0.3) is 0 Å². The number of hydrogen-bond acceptors (Lipinski definition) is 5. The van der Waals surface area contributed by atoms with Gasteiger partial charge in [-0.25, -0.2) is 4.79 Å². The normalized spacial score (nSPS) is 22.7. The first-order chi connectivity index (χ1) is 10.2. The Hall–Kier alpha value is -1.89. The molecule has 0 radical (unpaired) electrons. The number of hydrogen-bond donors (Lipinski definition) is 1. The van der Waals surface area contributed by atoms with Gasteiger partial charge in [0.1, 0.15) is 11.4 Å². The van der Waals surface area contributed by atoms with E-state index in [4.69, 9.17) is 5.73 Å². The highest BCUT2D eigenvalue weighted by molar-refractivity contribution is 6.01. The average molecular weight is 308 g/mol. The minimum atomic E-state index is -0.622. The van der Waals surface area contributed by atoms with E-state index in [1.54, 1.807) is 0 Å². The van der Waals surface area contributed by atoms with Crippen LogP contribution in [0.1, 0.15) is 30.6 Å². The van der Waals surface area contributed by atoms with Crippen LogP contribution in [0.3, 0.4) is 0 Å². The van der Waals surface area contributed by atoms with Gasteiger partial charge in [-0.2, -0.15) is 0 Å². The maximum absolute atomic E-state index is 12.5. The molecule has 0 saturated carbocycles. The third-order valence-corrected chi connectivity index (χ3v) is 4.30. The lowest BCUT2D eigenvalue weighted by Gasteiger charge is -2.34. The molecule has 0 aliphatic carbocycles. The molecule has 7 heteroatoms. The second kappa shape index (κ2) is 6.08. The predicted molar refractivity (Wildman–Crippen MR) is 85.1 cm³/mol. The van der Waals surface area contributed by atoms with Crippen molar-refractivity contribution in [3.63, 3.8) is 0 Å². The first-order valence-electron chi connectivity index (χ1n) is 7.53. The lowest BCUT2D eigenvalue weighted by Crippen LogP contribution is -2.45. The Kier molecular flexibility index (Phi) is 4.55. The molecule has 122 valence electrons. The second-order valence-electron chi connectivity index (χ2n) is 6.53. The summed E-state index contributed by atoms with van der Waals surface area (Å²) in [6.45, 7) is 6.15. The summed E-state index contributed by atoms with van der Waals surface area (Å²) in [7, 11) is 2.81. The fourth-order valence-electron chi connectivity index (χ4n) is 3.33. The average Bonchev–Trinajstić information content (AvgIpc) is 2.42. The summed E-state index contributed by atoms with van der Waals surface area (Å²) < 4.78 is 2.06. The van der Waals surface area contributed by atoms with Crippen LogP contribution in [-0.2, 0) is 14.1 Å². The Labute approximate surface area is 129 Å². The minimum Gasteiger partial charge on any atom is -0.384 e. The summed E-state index contributed by atoms with van der Waals surface area (Å²) in [4.78, 5) is 38.6. The number of carbonyl (C=O) groups excluding carboxylic acids is 1. The number of ketones is 1. The molecule has 7 nitrogen and oxygen atoms in total. The Morgan fingerprint density at radius 3 is 2.23 bits per heavy atom. The third-order valence-electron chi connectivity index (χ3n) is 4.30. The van der Waals surface area contributed by atoms with Gasteiger partial charge in [-0.15, -0.1) is 0 Å². The van der Waals surface area contributed by atoms with E-state index in [1.165, 1.54) is 14.1 Å². The monoisotopic (exact) mass is 308 g/mol. The molecule has 0 bridgehead atoms. The summed E-state index contributed by atoms with van der Waals surface area (Å²) in [5, 5.41) is 0. The molecule has 1 aromatic heterocycles. The number of carbonyl (C=O) groups is 1. The largest absolute Gasteiger partial charge is 0.384 e. The number of Topliss-reactive ketones (excluding diaryl/α,β-unsaturated/α-hetero) is 1. The van der Waals surface area contributed by atoms with Crippen LogP contribution < -0.4 is 17.0 Å². The number of likely N-dealkylation sites (tertiary alicyclic amines) is 1. The van der Waals surface area contributed by atoms with E-state index >= 15 is 0 Å². The van der Waals surface area contributed by atoms with E-state index in [1.807, 2.05) is 0 Å². The van der Waals surface area contributed by atoms with Crippen molar-refractivity contribution in [1.82, 2.24) is 14.0 Å². The van der Waals surface area contributed by atoms with Crippen LogP contribution in [0.2, 0.25) is 0 Å².